The van der Waals surface area contributed by atoms with Crippen LogP contribution in [0.15, 0.2) is 28.9 Å². The second-order valence-electron chi connectivity index (χ2n) is 7.79. The molecule has 2 bridgehead atoms. The molecule has 128 valence electrons. The van der Waals surface area contributed by atoms with Crippen molar-refractivity contribution in [3.05, 3.63) is 35.6 Å². The predicted molar refractivity (Wildman–Crippen MR) is 94.8 cm³/mol. The molecule has 1 aromatic carbocycles. The first-order valence-electron chi connectivity index (χ1n) is 9.17. The fourth-order valence-corrected chi connectivity index (χ4v) is 4.23. The fraction of sp³-hybridized carbons (Fsp3) is 0.550. The lowest BCUT2D eigenvalue weighted by Gasteiger charge is -2.23. The number of amides is 1. The molecular weight excluding hydrogens is 300 g/mol. The Kier molecular flexibility index (Phi) is 4.09. The Hall–Kier alpha value is -1.81. The van der Waals surface area contributed by atoms with Crippen molar-refractivity contribution in [1.82, 2.24) is 10.4 Å². The quantitative estimate of drug-likeness (QED) is 0.913. The largest absolute Gasteiger partial charge is 0.464 e. The van der Waals surface area contributed by atoms with Crippen LogP contribution in [0.1, 0.15) is 61.4 Å². The van der Waals surface area contributed by atoms with Crippen molar-refractivity contribution < 1.29 is 9.21 Å². The van der Waals surface area contributed by atoms with Crippen molar-refractivity contribution >= 4 is 16.9 Å². The molecule has 3 heterocycles. The molecule has 3 fully saturated rings. The highest BCUT2D eigenvalue weighted by Gasteiger charge is 2.30. The van der Waals surface area contributed by atoms with E-state index in [1.807, 2.05) is 24.5 Å². The van der Waals surface area contributed by atoms with Gasteiger partial charge in [-0.05, 0) is 55.6 Å². The van der Waals surface area contributed by atoms with Gasteiger partial charge in [0.2, 0.25) is 0 Å². The predicted octanol–water partition coefficient (Wildman–Crippen LogP) is 4.32. The van der Waals surface area contributed by atoms with Crippen LogP contribution in [-0.2, 0) is 0 Å². The van der Waals surface area contributed by atoms with Crippen LogP contribution in [0.4, 0.5) is 0 Å². The maximum Gasteiger partial charge on any atom is 0.265 e. The summed E-state index contributed by atoms with van der Waals surface area (Å²) in [4.78, 5) is 12.6. The summed E-state index contributed by atoms with van der Waals surface area (Å²) in [6, 6.07) is 5.78. The Morgan fingerprint density at radius 3 is 2.46 bits per heavy atom. The smallest absolute Gasteiger partial charge is 0.265 e. The molecular formula is C20H26N2O2. The summed E-state index contributed by atoms with van der Waals surface area (Å²) in [6.45, 7) is 6.28. The summed E-state index contributed by atoms with van der Waals surface area (Å²) in [7, 11) is 0. The second-order valence-corrected chi connectivity index (χ2v) is 7.79. The second kappa shape index (κ2) is 6.25. The lowest BCUT2D eigenvalue weighted by molar-refractivity contribution is 0.0770. The molecule has 1 aliphatic carbocycles. The van der Waals surface area contributed by atoms with Crippen molar-refractivity contribution in [1.29, 1.82) is 0 Å². The third-order valence-electron chi connectivity index (χ3n) is 5.67. The molecule has 2 aromatic rings. The summed E-state index contributed by atoms with van der Waals surface area (Å²) >= 11 is 0. The van der Waals surface area contributed by atoms with Crippen molar-refractivity contribution in [3.8, 4) is 0 Å². The van der Waals surface area contributed by atoms with Gasteiger partial charge in [-0.15, -0.1) is 0 Å². The van der Waals surface area contributed by atoms with Gasteiger partial charge in [0.1, 0.15) is 5.58 Å². The Morgan fingerprint density at radius 2 is 1.83 bits per heavy atom. The number of carbonyl (C=O) groups excluding carboxylic acids is 1. The van der Waals surface area contributed by atoms with Crippen molar-refractivity contribution in [3.63, 3.8) is 0 Å². The molecule has 0 unspecified atom stereocenters. The van der Waals surface area contributed by atoms with Crippen LogP contribution in [0.3, 0.4) is 0 Å². The number of nitrogens with one attached hydrogen (secondary N) is 1. The summed E-state index contributed by atoms with van der Waals surface area (Å²) < 4.78 is 5.66. The Balaban J connectivity index is 1.51. The molecule has 0 radical (unpaired) electrons. The lowest BCUT2D eigenvalue weighted by Crippen LogP contribution is -2.44. The van der Waals surface area contributed by atoms with E-state index < -0.39 is 0 Å². The number of hydrogen-bond acceptors (Lipinski definition) is 3. The number of nitrogens with zero attached hydrogens (tertiary/aromatic N) is 1. The fourth-order valence-electron chi connectivity index (χ4n) is 4.23. The standard InChI is InChI=1S/C20H26N2O2/c1-13(2)18-12-24-19-9-16(7-8-17(18)19)20(23)21-22-10-14-3-4-15(11-22)6-5-14/h7-9,12-15H,3-6,10-11H2,1-2H3,(H,21,23). The molecule has 2 saturated heterocycles. The molecule has 4 heteroatoms. The van der Waals surface area contributed by atoms with Gasteiger partial charge < -0.3 is 4.42 Å². The number of fused-ring (bicyclic) bond motifs is 5. The van der Waals surface area contributed by atoms with E-state index in [2.05, 4.69) is 24.3 Å². The topological polar surface area (TPSA) is 45.5 Å². The first-order valence-corrected chi connectivity index (χ1v) is 9.17. The van der Waals surface area contributed by atoms with E-state index in [-0.39, 0.29) is 5.91 Å². The lowest BCUT2D eigenvalue weighted by atomic mass is 9.84. The zero-order valence-corrected chi connectivity index (χ0v) is 14.5. The number of benzene rings is 1. The summed E-state index contributed by atoms with van der Waals surface area (Å²) in [6.07, 6.45) is 7.06. The minimum absolute atomic E-state index is 0.0271. The Morgan fingerprint density at radius 1 is 1.17 bits per heavy atom. The molecule has 2 aliphatic heterocycles. The molecule has 1 aromatic heterocycles. The number of hydrogen-bond donors (Lipinski definition) is 1. The van der Waals surface area contributed by atoms with Crippen LogP contribution in [0.2, 0.25) is 0 Å². The van der Waals surface area contributed by atoms with Crippen molar-refractivity contribution in [2.24, 2.45) is 11.8 Å². The first-order chi connectivity index (χ1) is 11.6. The zero-order valence-electron chi connectivity index (χ0n) is 14.5. The minimum atomic E-state index is -0.0271. The number of furan rings is 1. The van der Waals surface area contributed by atoms with E-state index in [0.717, 1.165) is 35.9 Å². The third-order valence-corrected chi connectivity index (χ3v) is 5.67. The number of carbonyl (C=O) groups is 1. The normalized spacial score (nSPS) is 24.5. The SMILES string of the molecule is CC(C)c1coc2cc(C(=O)NN3CC4CCC(CC4)C3)ccc12. The average Bonchev–Trinajstić information content (AvgIpc) is 2.79. The van der Waals surface area contributed by atoms with Gasteiger partial charge in [-0.3, -0.25) is 10.2 Å². The highest BCUT2D eigenvalue weighted by Crippen LogP contribution is 2.33. The van der Waals surface area contributed by atoms with E-state index in [0.29, 0.717) is 11.5 Å². The van der Waals surface area contributed by atoms with Gasteiger partial charge in [0.05, 0.1) is 6.26 Å². The average molecular weight is 326 g/mol. The molecule has 1 amide bonds. The van der Waals surface area contributed by atoms with Crippen LogP contribution in [0.5, 0.6) is 0 Å². The zero-order chi connectivity index (χ0) is 16.7. The van der Waals surface area contributed by atoms with E-state index in [9.17, 15) is 4.79 Å². The van der Waals surface area contributed by atoms with Crippen LogP contribution in [-0.4, -0.2) is 24.0 Å². The van der Waals surface area contributed by atoms with E-state index in [1.54, 1.807) is 0 Å². The molecule has 0 spiro atoms. The maximum absolute atomic E-state index is 12.6. The van der Waals surface area contributed by atoms with Crippen LogP contribution < -0.4 is 5.43 Å². The highest BCUT2D eigenvalue weighted by atomic mass is 16.3. The van der Waals surface area contributed by atoms with E-state index in [1.165, 1.54) is 31.2 Å². The van der Waals surface area contributed by atoms with Gasteiger partial charge in [0, 0.05) is 29.6 Å². The minimum Gasteiger partial charge on any atom is -0.464 e. The number of rotatable bonds is 3. The monoisotopic (exact) mass is 326 g/mol. The molecule has 0 atom stereocenters. The van der Waals surface area contributed by atoms with Crippen LogP contribution >= 0.6 is 0 Å². The first kappa shape index (κ1) is 15.7. The van der Waals surface area contributed by atoms with Crippen LogP contribution in [0, 0.1) is 11.8 Å². The molecule has 1 N–H and O–H groups in total. The summed E-state index contributed by atoms with van der Waals surface area (Å²) in [5, 5.41) is 3.25. The van der Waals surface area contributed by atoms with Gasteiger partial charge >= 0.3 is 0 Å². The van der Waals surface area contributed by atoms with Crippen molar-refractivity contribution in [2.45, 2.75) is 45.4 Å². The summed E-state index contributed by atoms with van der Waals surface area (Å²) in [5.74, 6) is 1.87. The third kappa shape index (κ3) is 2.95. The molecule has 3 aliphatic rings. The molecule has 4 nitrogen and oxygen atoms in total. The molecule has 24 heavy (non-hydrogen) atoms. The molecule has 5 rings (SSSR count). The van der Waals surface area contributed by atoms with Gasteiger partial charge in [-0.1, -0.05) is 19.9 Å². The van der Waals surface area contributed by atoms with Crippen LogP contribution in [0.25, 0.3) is 11.0 Å². The van der Waals surface area contributed by atoms with Gasteiger partial charge in [-0.2, -0.15) is 0 Å². The van der Waals surface area contributed by atoms with E-state index >= 15 is 0 Å². The van der Waals surface area contributed by atoms with Crippen molar-refractivity contribution in [2.75, 3.05) is 13.1 Å². The van der Waals surface area contributed by atoms with Gasteiger partial charge in [-0.25, -0.2) is 5.01 Å². The Labute approximate surface area is 143 Å². The van der Waals surface area contributed by atoms with E-state index in [4.69, 9.17) is 4.42 Å². The van der Waals surface area contributed by atoms with Gasteiger partial charge in [0.25, 0.3) is 5.91 Å². The van der Waals surface area contributed by atoms with Gasteiger partial charge in [0.15, 0.2) is 0 Å². The Bertz CT molecular complexity index is 727. The number of hydrazine groups is 1. The molecule has 1 saturated carbocycles. The highest BCUT2D eigenvalue weighted by molar-refractivity contribution is 5.97. The summed E-state index contributed by atoms with van der Waals surface area (Å²) in [5.41, 5.74) is 5.78. The maximum atomic E-state index is 12.6.